The Morgan fingerprint density at radius 3 is 2.64 bits per heavy atom. The van der Waals surface area contributed by atoms with Gasteiger partial charge in [-0.1, -0.05) is 22.9 Å². The van der Waals surface area contributed by atoms with Gasteiger partial charge in [-0.15, -0.1) is 0 Å². The van der Waals surface area contributed by atoms with Crippen molar-refractivity contribution < 1.29 is 14.1 Å². The van der Waals surface area contributed by atoms with Crippen LogP contribution in [-0.4, -0.2) is 52.3 Å². The number of hydrogen-bond donors (Lipinski definition) is 2. The zero-order valence-electron chi connectivity index (χ0n) is 15.3. The van der Waals surface area contributed by atoms with Crippen molar-refractivity contribution >= 4 is 51.7 Å². The quantitative estimate of drug-likeness (QED) is 0.633. The second-order valence-corrected chi connectivity index (χ2v) is 9.16. The molecule has 28 heavy (non-hydrogen) atoms. The summed E-state index contributed by atoms with van der Waals surface area (Å²) in [5, 5.41) is 2.53. The van der Waals surface area contributed by atoms with Crippen LogP contribution in [0.1, 0.15) is 0 Å². The van der Waals surface area contributed by atoms with Gasteiger partial charge in [-0.25, -0.2) is 9.78 Å². The first-order valence-corrected chi connectivity index (χ1v) is 11.1. The number of rotatable bonds is 4. The summed E-state index contributed by atoms with van der Waals surface area (Å²) in [6.07, 6.45) is -0.561. The minimum atomic E-state index is -0.664. The minimum absolute atomic E-state index is 0.357. The van der Waals surface area contributed by atoms with E-state index in [1.165, 1.54) is 12.8 Å². The normalized spacial score (nSPS) is 15.0. The molecular weight excluding hydrogens is 396 g/mol. The van der Waals surface area contributed by atoms with Crippen LogP contribution >= 0.6 is 11.8 Å². The first-order chi connectivity index (χ1) is 13.6. The summed E-state index contributed by atoms with van der Waals surface area (Å²) in [4.78, 5) is 23.2. The number of amides is 1. The van der Waals surface area contributed by atoms with E-state index >= 15 is 0 Å². The van der Waals surface area contributed by atoms with Crippen molar-refractivity contribution in [1.29, 1.82) is 0 Å². The molecule has 3 aromatic rings. The fourth-order valence-corrected chi connectivity index (χ4v) is 4.92. The van der Waals surface area contributed by atoms with Gasteiger partial charge in [0.25, 0.3) is 0 Å². The van der Waals surface area contributed by atoms with Crippen LogP contribution in [0.3, 0.4) is 0 Å². The Bertz CT molecular complexity index is 969. The van der Waals surface area contributed by atoms with Crippen LogP contribution in [0.4, 0.5) is 16.4 Å². The SMILES string of the molecule is COC(=O)Nc1nc2cc(Sc3ccc(N4CC[S+]([O-])CC4)cc3)ccc2[nH]1. The Morgan fingerprint density at radius 1 is 1.21 bits per heavy atom. The molecule has 0 saturated carbocycles. The topological polar surface area (TPSA) is 93.3 Å². The molecule has 1 aliphatic heterocycles. The van der Waals surface area contributed by atoms with Gasteiger partial charge in [0.05, 0.1) is 31.2 Å². The van der Waals surface area contributed by atoms with E-state index < -0.39 is 17.3 Å². The number of benzene rings is 2. The van der Waals surface area contributed by atoms with Gasteiger partial charge in [0, 0.05) is 15.5 Å². The second kappa shape index (κ2) is 8.34. The summed E-state index contributed by atoms with van der Waals surface area (Å²) in [5.74, 6) is 1.84. The van der Waals surface area contributed by atoms with Crippen molar-refractivity contribution in [3.05, 3.63) is 42.5 Å². The van der Waals surface area contributed by atoms with E-state index in [2.05, 4.69) is 49.2 Å². The number of carbonyl (C=O) groups is 1. The number of anilines is 2. The number of H-pyrrole nitrogens is 1. The van der Waals surface area contributed by atoms with Crippen molar-refractivity contribution in [1.82, 2.24) is 9.97 Å². The maximum absolute atomic E-state index is 11.5. The number of ether oxygens (including phenoxy) is 1. The van der Waals surface area contributed by atoms with Crippen LogP contribution in [0, 0.1) is 0 Å². The summed E-state index contributed by atoms with van der Waals surface area (Å²) in [6.45, 7) is 1.69. The number of aromatic nitrogens is 2. The molecule has 146 valence electrons. The van der Waals surface area contributed by atoms with E-state index in [4.69, 9.17) is 0 Å². The van der Waals surface area contributed by atoms with Gasteiger partial charge in [-0.3, -0.25) is 5.32 Å². The number of fused-ring (bicyclic) bond motifs is 1. The fourth-order valence-electron chi connectivity index (χ4n) is 3.01. The van der Waals surface area contributed by atoms with Gasteiger partial charge >= 0.3 is 6.09 Å². The highest BCUT2D eigenvalue weighted by Crippen LogP contribution is 2.31. The molecule has 0 unspecified atom stereocenters. The molecule has 0 aliphatic carbocycles. The summed E-state index contributed by atoms with van der Waals surface area (Å²) in [5.41, 5.74) is 2.78. The molecular formula is C19H20N4O3S2. The molecule has 1 amide bonds. The third kappa shape index (κ3) is 4.37. The fraction of sp³-hybridized carbons (Fsp3) is 0.263. The number of imidazole rings is 1. The molecule has 1 saturated heterocycles. The second-order valence-electron chi connectivity index (χ2n) is 6.31. The lowest BCUT2D eigenvalue weighted by Gasteiger charge is -2.30. The van der Waals surface area contributed by atoms with Gasteiger partial charge in [-0.05, 0) is 42.5 Å². The summed E-state index contributed by atoms with van der Waals surface area (Å²) < 4.78 is 16.1. The number of hydrogen-bond acceptors (Lipinski definition) is 6. The summed E-state index contributed by atoms with van der Waals surface area (Å²) >= 11 is 0.989. The Labute approximate surface area is 170 Å². The predicted molar refractivity (Wildman–Crippen MR) is 113 cm³/mol. The van der Waals surface area contributed by atoms with Gasteiger partial charge in [0.1, 0.15) is 11.5 Å². The third-order valence-corrected chi connectivity index (χ3v) is 6.75. The molecule has 4 rings (SSSR count). The lowest BCUT2D eigenvalue weighted by Crippen LogP contribution is -2.40. The smallest absolute Gasteiger partial charge is 0.413 e. The molecule has 0 bridgehead atoms. The Morgan fingerprint density at radius 2 is 1.93 bits per heavy atom. The Hall–Kier alpha value is -2.36. The number of methoxy groups -OCH3 is 1. The lowest BCUT2D eigenvalue weighted by molar-refractivity contribution is 0.186. The Kier molecular flexibility index (Phi) is 5.65. The average Bonchev–Trinajstić information content (AvgIpc) is 3.10. The molecule has 2 N–H and O–H groups in total. The zero-order valence-corrected chi connectivity index (χ0v) is 16.9. The van der Waals surface area contributed by atoms with Crippen molar-refractivity contribution in [2.45, 2.75) is 9.79 Å². The highest BCUT2D eigenvalue weighted by Gasteiger charge is 2.19. The molecule has 0 radical (unpaired) electrons. The van der Waals surface area contributed by atoms with Crippen LogP contribution in [0.25, 0.3) is 11.0 Å². The number of aromatic amines is 1. The van der Waals surface area contributed by atoms with Crippen LogP contribution in [0.15, 0.2) is 52.3 Å². The van der Waals surface area contributed by atoms with Gasteiger partial charge in [0.15, 0.2) is 0 Å². The highest BCUT2D eigenvalue weighted by atomic mass is 32.2. The maximum atomic E-state index is 11.5. The van der Waals surface area contributed by atoms with Gasteiger partial charge < -0.3 is 19.2 Å². The van der Waals surface area contributed by atoms with Crippen LogP contribution in [0.2, 0.25) is 0 Å². The molecule has 2 heterocycles. The van der Waals surface area contributed by atoms with Crippen molar-refractivity contribution in [2.24, 2.45) is 0 Å². The minimum Gasteiger partial charge on any atom is -0.616 e. The van der Waals surface area contributed by atoms with Crippen LogP contribution in [0.5, 0.6) is 0 Å². The monoisotopic (exact) mass is 416 g/mol. The van der Waals surface area contributed by atoms with Crippen LogP contribution in [-0.2, 0) is 15.9 Å². The lowest BCUT2D eigenvalue weighted by atomic mass is 10.3. The number of nitrogens with one attached hydrogen (secondary N) is 2. The van der Waals surface area contributed by atoms with Crippen molar-refractivity contribution in [2.75, 3.05) is 41.9 Å². The number of carbonyl (C=O) groups excluding carboxylic acids is 1. The first kappa shape index (κ1) is 19.0. The van der Waals surface area contributed by atoms with E-state index in [0.717, 1.165) is 45.4 Å². The van der Waals surface area contributed by atoms with Crippen LogP contribution < -0.4 is 10.2 Å². The van der Waals surface area contributed by atoms with E-state index in [9.17, 15) is 9.35 Å². The predicted octanol–water partition coefficient (Wildman–Crippen LogP) is 3.46. The standard InChI is InChI=1S/C19H20N4O3S2/c1-26-19(24)22-18-20-16-7-6-15(12-17(16)21-18)27-14-4-2-13(3-5-14)23-8-10-28(25)11-9-23/h2-7,12H,8-11H2,1H3,(H2,20,21,22,24). The van der Waals surface area contributed by atoms with E-state index in [1.54, 1.807) is 11.8 Å². The molecule has 7 nitrogen and oxygen atoms in total. The molecule has 1 aromatic heterocycles. The van der Waals surface area contributed by atoms with Crippen molar-refractivity contribution in [3.63, 3.8) is 0 Å². The van der Waals surface area contributed by atoms with E-state index in [1.807, 2.05) is 18.2 Å². The first-order valence-electron chi connectivity index (χ1n) is 8.83. The average molecular weight is 417 g/mol. The summed E-state index contributed by atoms with van der Waals surface area (Å²) in [6, 6.07) is 14.4. The van der Waals surface area contributed by atoms with Gasteiger partial charge in [0.2, 0.25) is 5.95 Å². The molecule has 0 spiro atoms. The largest absolute Gasteiger partial charge is 0.616 e. The third-order valence-electron chi connectivity index (χ3n) is 4.48. The molecule has 1 fully saturated rings. The molecule has 2 aromatic carbocycles. The van der Waals surface area contributed by atoms with Gasteiger partial charge in [-0.2, -0.15) is 0 Å². The summed E-state index contributed by atoms with van der Waals surface area (Å²) in [7, 11) is 1.31. The molecule has 0 atom stereocenters. The maximum Gasteiger partial charge on any atom is 0.413 e. The Balaban J connectivity index is 1.44. The van der Waals surface area contributed by atoms with E-state index in [-0.39, 0.29) is 0 Å². The molecule has 9 heteroatoms. The number of nitrogens with zero attached hydrogens (tertiary/aromatic N) is 2. The highest BCUT2D eigenvalue weighted by molar-refractivity contribution is 7.99. The van der Waals surface area contributed by atoms with E-state index in [0.29, 0.717) is 5.95 Å². The zero-order chi connectivity index (χ0) is 19.5. The van der Waals surface area contributed by atoms with Crippen molar-refractivity contribution in [3.8, 4) is 0 Å². The molecule has 1 aliphatic rings.